The maximum atomic E-state index is 11.8. The zero-order chi connectivity index (χ0) is 15.5. The van der Waals surface area contributed by atoms with Crippen LogP contribution in [-0.2, 0) is 4.74 Å². The summed E-state index contributed by atoms with van der Waals surface area (Å²) in [6, 6.07) is 1.49. The van der Waals surface area contributed by atoms with Crippen LogP contribution in [-0.4, -0.2) is 41.8 Å². The fourth-order valence-electron chi connectivity index (χ4n) is 2.69. The van der Waals surface area contributed by atoms with Crippen LogP contribution in [0.15, 0.2) is 10.9 Å². The summed E-state index contributed by atoms with van der Waals surface area (Å²) in [6.45, 7) is 3.77. The van der Waals surface area contributed by atoms with E-state index >= 15 is 0 Å². The van der Waals surface area contributed by atoms with Crippen molar-refractivity contribution in [3.05, 3.63) is 22.1 Å². The SMILES string of the molecule is Cc1cc(=O)[nH]c(N2CCC[C@H](NC(=O)OCC3CC3)C2)n1. The molecule has 2 N–H and O–H groups in total. The molecule has 1 saturated carbocycles. The van der Waals surface area contributed by atoms with Gasteiger partial charge in [0.15, 0.2) is 0 Å². The molecule has 2 aliphatic rings. The van der Waals surface area contributed by atoms with E-state index in [0.29, 0.717) is 30.7 Å². The van der Waals surface area contributed by atoms with E-state index in [1.54, 1.807) is 6.92 Å². The molecule has 1 saturated heterocycles. The van der Waals surface area contributed by atoms with Gasteiger partial charge in [0.1, 0.15) is 0 Å². The summed E-state index contributed by atoms with van der Waals surface area (Å²) >= 11 is 0. The molecule has 7 heteroatoms. The first-order valence-electron chi connectivity index (χ1n) is 7.86. The molecule has 0 radical (unpaired) electrons. The Kier molecular flexibility index (Phi) is 4.31. The zero-order valence-corrected chi connectivity index (χ0v) is 12.8. The predicted octanol–water partition coefficient (Wildman–Crippen LogP) is 1.18. The largest absolute Gasteiger partial charge is 0.449 e. The van der Waals surface area contributed by atoms with E-state index < -0.39 is 0 Å². The Bertz CT molecular complexity index is 597. The minimum absolute atomic E-state index is 0.0197. The number of rotatable bonds is 4. The average Bonchev–Trinajstić information content (AvgIpc) is 3.28. The van der Waals surface area contributed by atoms with E-state index in [9.17, 15) is 9.59 Å². The molecule has 120 valence electrons. The van der Waals surface area contributed by atoms with Gasteiger partial charge in [-0.1, -0.05) is 0 Å². The molecule has 1 aromatic rings. The van der Waals surface area contributed by atoms with Crippen LogP contribution in [0.2, 0.25) is 0 Å². The number of alkyl carbamates (subject to hydrolysis) is 1. The van der Waals surface area contributed by atoms with E-state index in [1.165, 1.54) is 6.07 Å². The Hall–Kier alpha value is -2.05. The van der Waals surface area contributed by atoms with Crippen molar-refractivity contribution in [2.45, 2.75) is 38.6 Å². The molecule has 0 spiro atoms. The summed E-state index contributed by atoms with van der Waals surface area (Å²) in [7, 11) is 0. The van der Waals surface area contributed by atoms with Crippen molar-refractivity contribution in [3.8, 4) is 0 Å². The Labute approximate surface area is 129 Å². The summed E-state index contributed by atoms with van der Waals surface area (Å²) in [6.07, 6.45) is 3.83. The second-order valence-electron chi connectivity index (χ2n) is 6.18. The smallest absolute Gasteiger partial charge is 0.407 e. The summed E-state index contributed by atoms with van der Waals surface area (Å²) in [4.78, 5) is 32.5. The second kappa shape index (κ2) is 6.37. The third-order valence-electron chi connectivity index (χ3n) is 4.05. The number of ether oxygens (including phenoxy) is 1. The number of nitrogens with one attached hydrogen (secondary N) is 2. The van der Waals surface area contributed by atoms with E-state index in [0.717, 1.165) is 32.2 Å². The lowest BCUT2D eigenvalue weighted by Crippen LogP contribution is -2.48. The van der Waals surface area contributed by atoms with Crippen molar-refractivity contribution in [3.63, 3.8) is 0 Å². The van der Waals surface area contributed by atoms with E-state index in [2.05, 4.69) is 15.3 Å². The number of H-pyrrole nitrogens is 1. The van der Waals surface area contributed by atoms with Crippen molar-refractivity contribution in [2.24, 2.45) is 5.92 Å². The number of hydrogen-bond donors (Lipinski definition) is 2. The number of aromatic amines is 1. The first-order valence-corrected chi connectivity index (χ1v) is 7.86. The lowest BCUT2D eigenvalue weighted by molar-refractivity contribution is 0.136. The monoisotopic (exact) mass is 306 g/mol. The molecule has 1 aromatic heterocycles. The lowest BCUT2D eigenvalue weighted by atomic mass is 10.1. The van der Waals surface area contributed by atoms with Gasteiger partial charge in [0.25, 0.3) is 5.56 Å². The van der Waals surface area contributed by atoms with Gasteiger partial charge >= 0.3 is 6.09 Å². The van der Waals surface area contributed by atoms with E-state index in [1.807, 2.05) is 4.90 Å². The van der Waals surface area contributed by atoms with Crippen LogP contribution in [0.3, 0.4) is 0 Å². The Morgan fingerprint density at radius 3 is 3.05 bits per heavy atom. The minimum Gasteiger partial charge on any atom is -0.449 e. The number of piperidine rings is 1. The van der Waals surface area contributed by atoms with Crippen LogP contribution < -0.4 is 15.8 Å². The zero-order valence-electron chi connectivity index (χ0n) is 12.8. The molecule has 1 atom stereocenters. The van der Waals surface area contributed by atoms with E-state index in [4.69, 9.17) is 4.74 Å². The first kappa shape index (κ1) is 14.9. The quantitative estimate of drug-likeness (QED) is 0.872. The van der Waals surface area contributed by atoms with Crippen LogP contribution in [0.5, 0.6) is 0 Å². The van der Waals surface area contributed by atoms with Crippen molar-refractivity contribution in [1.82, 2.24) is 15.3 Å². The minimum atomic E-state index is -0.343. The molecule has 22 heavy (non-hydrogen) atoms. The highest BCUT2D eigenvalue weighted by Gasteiger charge is 2.26. The van der Waals surface area contributed by atoms with Crippen molar-refractivity contribution in [1.29, 1.82) is 0 Å². The molecule has 0 unspecified atom stereocenters. The molecule has 0 bridgehead atoms. The summed E-state index contributed by atoms with van der Waals surface area (Å²) in [5.41, 5.74) is 0.541. The van der Waals surface area contributed by atoms with Crippen LogP contribution in [0.4, 0.5) is 10.7 Å². The van der Waals surface area contributed by atoms with Gasteiger partial charge in [0.05, 0.1) is 6.61 Å². The van der Waals surface area contributed by atoms with Gasteiger partial charge in [-0.3, -0.25) is 9.78 Å². The average molecular weight is 306 g/mol. The third-order valence-corrected chi connectivity index (χ3v) is 4.05. The van der Waals surface area contributed by atoms with Crippen molar-refractivity contribution < 1.29 is 9.53 Å². The van der Waals surface area contributed by atoms with Crippen LogP contribution in [0.1, 0.15) is 31.4 Å². The number of aryl methyl sites for hydroxylation is 1. The fraction of sp³-hybridized carbons (Fsp3) is 0.667. The number of carbonyl (C=O) groups excluding carboxylic acids is 1. The molecule has 7 nitrogen and oxygen atoms in total. The number of anilines is 1. The van der Waals surface area contributed by atoms with Gasteiger partial charge in [-0.15, -0.1) is 0 Å². The number of carbonyl (C=O) groups is 1. The maximum Gasteiger partial charge on any atom is 0.407 e. The predicted molar refractivity (Wildman–Crippen MR) is 82.0 cm³/mol. The maximum absolute atomic E-state index is 11.8. The summed E-state index contributed by atoms with van der Waals surface area (Å²) in [5, 5.41) is 2.91. The van der Waals surface area contributed by atoms with Gasteiger partial charge in [0, 0.05) is 30.9 Å². The normalized spacial score (nSPS) is 21.5. The highest BCUT2D eigenvalue weighted by Crippen LogP contribution is 2.28. The molecular weight excluding hydrogens is 284 g/mol. The Morgan fingerprint density at radius 1 is 1.50 bits per heavy atom. The van der Waals surface area contributed by atoms with Gasteiger partial charge < -0.3 is 15.0 Å². The number of aromatic nitrogens is 2. The standard InChI is InChI=1S/C15H22N4O3/c1-10-7-13(20)18-14(16-10)19-6-2-3-12(8-19)17-15(21)22-9-11-4-5-11/h7,11-12H,2-6,8-9H2,1H3,(H,17,21)(H,16,18,20)/t12-/m0/s1. The molecule has 1 amide bonds. The topological polar surface area (TPSA) is 87.3 Å². The first-order chi connectivity index (χ1) is 10.6. The van der Waals surface area contributed by atoms with Crippen LogP contribution in [0.25, 0.3) is 0 Å². The van der Waals surface area contributed by atoms with Crippen molar-refractivity contribution >= 4 is 12.0 Å². The number of amides is 1. The Balaban J connectivity index is 1.56. The highest BCUT2D eigenvalue weighted by atomic mass is 16.5. The highest BCUT2D eigenvalue weighted by molar-refractivity contribution is 5.67. The van der Waals surface area contributed by atoms with Gasteiger partial charge in [-0.05, 0) is 38.5 Å². The van der Waals surface area contributed by atoms with Crippen LogP contribution >= 0.6 is 0 Å². The third kappa shape index (κ3) is 3.99. The summed E-state index contributed by atoms with van der Waals surface area (Å²) < 4.78 is 5.21. The molecule has 2 fully saturated rings. The molecule has 2 heterocycles. The fourth-order valence-corrected chi connectivity index (χ4v) is 2.69. The molecule has 3 rings (SSSR count). The molecule has 1 aliphatic carbocycles. The summed E-state index contributed by atoms with van der Waals surface area (Å²) in [5.74, 6) is 1.14. The van der Waals surface area contributed by atoms with Gasteiger partial charge in [-0.25, -0.2) is 9.78 Å². The number of nitrogens with zero attached hydrogens (tertiary/aromatic N) is 2. The van der Waals surface area contributed by atoms with E-state index in [-0.39, 0.29) is 17.7 Å². The van der Waals surface area contributed by atoms with Crippen LogP contribution in [0, 0.1) is 12.8 Å². The van der Waals surface area contributed by atoms with Gasteiger partial charge in [0.2, 0.25) is 5.95 Å². The van der Waals surface area contributed by atoms with Crippen molar-refractivity contribution in [2.75, 3.05) is 24.6 Å². The molecular formula is C15H22N4O3. The molecule has 1 aliphatic heterocycles. The number of hydrogen-bond acceptors (Lipinski definition) is 5. The molecule has 0 aromatic carbocycles. The Morgan fingerprint density at radius 2 is 2.32 bits per heavy atom. The lowest BCUT2D eigenvalue weighted by Gasteiger charge is -2.33. The van der Waals surface area contributed by atoms with Gasteiger partial charge in [-0.2, -0.15) is 0 Å². The second-order valence-corrected chi connectivity index (χ2v) is 6.18.